The zero-order valence-electron chi connectivity index (χ0n) is 17.1. The Kier molecular flexibility index (Phi) is 8.60. The van der Waals surface area contributed by atoms with E-state index in [1.807, 2.05) is 12.1 Å². The maximum absolute atomic E-state index is 12.8. The second kappa shape index (κ2) is 10.9. The summed E-state index contributed by atoms with van der Waals surface area (Å²) in [5.74, 6) is 2.05. The first-order valence-electron chi connectivity index (χ1n) is 10.7. The summed E-state index contributed by atoms with van der Waals surface area (Å²) in [6.07, 6.45) is 8.02. The molecule has 0 N–H and O–H groups in total. The predicted octanol–water partition coefficient (Wildman–Crippen LogP) is 5.88. The highest BCUT2D eigenvalue weighted by atomic mass is 127. The van der Waals surface area contributed by atoms with Crippen molar-refractivity contribution in [3.63, 3.8) is 0 Å². The molecule has 2 aliphatic carbocycles. The van der Waals surface area contributed by atoms with Crippen LogP contribution in [0.2, 0.25) is 0 Å². The van der Waals surface area contributed by atoms with Gasteiger partial charge in [-0.15, -0.1) is 0 Å². The zero-order valence-corrected chi connectivity index (χ0v) is 19.2. The summed E-state index contributed by atoms with van der Waals surface area (Å²) >= 11 is 2.32. The van der Waals surface area contributed by atoms with E-state index in [9.17, 15) is 4.79 Å². The van der Waals surface area contributed by atoms with E-state index in [2.05, 4.69) is 41.6 Å². The number of fused-ring (bicyclic) bond motifs is 2. The lowest BCUT2D eigenvalue weighted by Crippen LogP contribution is -2.30. The molecule has 2 aliphatic rings. The fourth-order valence-electron chi connectivity index (χ4n) is 4.98. The summed E-state index contributed by atoms with van der Waals surface area (Å²) in [6, 6.07) is 8.15. The van der Waals surface area contributed by atoms with Gasteiger partial charge in [0, 0.05) is 17.1 Å². The van der Waals surface area contributed by atoms with Crippen LogP contribution in [-0.2, 0) is 19.0 Å². The summed E-state index contributed by atoms with van der Waals surface area (Å²) in [6.45, 7) is 2.34. The van der Waals surface area contributed by atoms with Crippen LogP contribution in [0.25, 0.3) is 0 Å². The zero-order chi connectivity index (χ0) is 19.9. The standard InChI is InChI=1S/C23H33IO4/c1-3-4-9-21(23(27-15-26-2)19-7-5-6-8-20(19)24)28-22(25)14-18-13-16-10-11-17(18)12-16/h5-8,16-18,21,23H,3-4,9-15H2,1-2H3/t16?,17?,18?,21-,23-/m0/s1. The van der Waals surface area contributed by atoms with Crippen LogP contribution in [0.5, 0.6) is 0 Å². The molecule has 3 rings (SSSR count). The molecule has 2 fully saturated rings. The van der Waals surface area contributed by atoms with E-state index in [1.165, 1.54) is 25.7 Å². The number of ether oxygens (including phenoxy) is 3. The van der Waals surface area contributed by atoms with Crippen LogP contribution < -0.4 is 0 Å². The molecule has 0 spiro atoms. The Labute approximate surface area is 182 Å². The van der Waals surface area contributed by atoms with E-state index in [-0.39, 0.29) is 25.0 Å². The number of hydrogen-bond acceptors (Lipinski definition) is 4. The molecule has 0 aromatic heterocycles. The number of unbranched alkanes of at least 4 members (excludes halogenated alkanes) is 1. The minimum atomic E-state index is -0.302. The molecule has 156 valence electrons. The molecule has 28 heavy (non-hydrogen) atoms. The molecule has 1 aromatic carbocycles. The first-order valence-corrected chi connectivity index (χ1v) is 11.7. The summed E-state index contributed by atoms with van der Waals surface area (Å²) < 4.78 is 18.4. The van der Waals surface area contributed by atoms with Crippen LogP contribution in [0.3, 0.4) is 0 Å². The van der Waals surface area contributed by atoms with Crippen molar-refractivity contribution in [3.8, 4) is 0 Å². The average molecular weight is 500 g/mol. The van der Waals surface area contributed by atoms with E-state index in [1.54, 1.807) is 7.11 Å². The molecule has 4 nitrogen and oxygen atoms in total. The van der Waals surface area contributed by atoms with Gasteiger partial charge < -0.3 is 14.2 Å². The van der Waals surface area contributed by atoms with E-state index >= 15 is 0 Å². The smallest absolute Gasteiger partial charge is 0.306 e. The van der Waals surface area contributed by atoms with Gasteiger partial charge in [-0.05, 0) is 84.1 Å². The summed E-state index contributed by atoms with van der Waals surface area (Å²) in [5, 5.41) is 0. The minimum Gasteiger partial charge on any atom is -0.459 e. The van der Waals surface area contributed by atoms with Gasteiger partial charge in [0.2, 0.25) is 0 Å². The largest absolute Gasteiger partial charge is 0.459 e. The highest BCUT2D eigenvalue weighted by Crippen LogP contribution is 2.49. The van der Waals surface area contributed by atoms with Gasteiger partial charge in [-0.3, -0.25) is 4.79 Å². The van der Waals surface area contributed by atoms with Gasteiger partial charge in [0.25, 0.3) is 0 Å². The van der Waals surface area contributed by atoms with Gasteiger partial charge in [0.15, 0.2) is 0 Å². The van der Waals surface area contributed by atoms with Crippen LogP contribution in [0.4, 0.5) is 0 Å². The molecule has 5 atom stereocenters. The molecule has 0 radical (unpaired) electrons. The monoisotopic (exact) mass is 500 g/mol. The molecule has 0 heterocycles. The maximum Gasteiger partial charge on any atom is 0.306 e. The molecule has 2 bridgehead atoms. The Hall–Kier alpha value is -0.660. The molecule has 0 aliphatic heterocycles. The number of benzene rings is 1. The molecular weight excluding hydrogens is 467 g/mol. The van der Waals surface area contributed by atoms with Crippen molar-refractivity contribution in [3.05, 3.63) is 33.4 Å². The van der Waals surface area contributed by atoms with Crippen molar-refractivity contribution in [2.75, 3.05) is 13.9 Å². The number of esters is 1. The molecule has 3 unspecified atom stereocenters. The minimum absolute atomic E-state index is 0.0596. The molecule has 5 heteroatoms. The second-order valence-electron chi connectivity index (χ2n) is 8.32. The van der Waals surface area contributed by atoms with Crippen LogP contribution in [-0.4, -0.2) is 26.0 Å². The number of rotatable bonds is 11. The van der Waals surface area contributed by atoms with Crippen LogP contribution in [0.1, 0.15) is 70.0 Å². The van der Waals surface area contributed by atoms with Crippen molar-refractivity contribution in [2.24, 2.45) is 17.8 Å². The summed E-state index contributed by atoms with van der Waals surface area (Å²) in [4.78, 5) is 12.8. The third kappa shape index (κ3) is 5.70. The van der Waals surface area contributed by atoms with Gasteiger partial charge in [-0.1, -0.05) is 38.0 Å². The summed E-state index contributed by atoms with van der Waals surface area (Å²) in [7, 11) is 1.62. The Bertz CT molecular complexity index is 635. The SMILES string of the molecule is CCCC[C@H](OC(=O)CC1CC2CCC1C2)[C@@H](OCOC)c1ccccc1I. The second-order valence-corrected chi connectivity index (χ2v) is 9.49. The van der Waals surface area contributed by atoms with Gasteiger partial charge in [-0.25, -0.2) is 0 Å². The lowest BCUT2D eigenvalue weighted by Gasteiger charge is -2.29. The third-order valence-electron chi connectivity index (χ3n) is 6.35. The third-order valence-corrected chi connectivity index (χ3v) is 7.34. The molecule has 2 saturated carbocycles. The van der Waals surface area contributed by atoms with Gasteiger partial charge in [-0.2, -0.15) is 0 Å². The van der Waals surface area contributed by atoms with Crippen molar-refractivity contribution >= 4 is 28.6 Å². The number of carbonyl (C=O) groups excluding carboxylic acids is 1. The van der Waals surface area contributed by atoms with Crippen LogP contribution >= 0.6 is 22.6 Å². The number of halogens is 1. The molecule has 0 amide bonds. The molecular formula is C23H33IO4. The Balaban J connectivity index is 1.70. The van der Waals surface area contributed by atoms with E-state index in [4.69, 9.17) is 14.2 Å². The number of carbonyl (C=O) groups is 1. The van der Waals surface area contributed by atoms with Gasteiger partial charge in [0.1, 0.15) is 19.0 Å². The van der Waals surface area contributed by atoms with E-state index in [0.29, 0.717) is 12.3 Å². The van der Waals surface area contributed by atoms with Crippen LogP contribution in [0, 0.1) is 21.3 Å². The van der Waals surface area contributed by atoms with E-state index in [0.717, 1.165) is 40.2 Å². The molecule has 0 saturated heterocycles. The van der Waals surface area contributed by atoms with E-state index < -0.39 is 0 Å². The van der Waals surface area contributed by atoms with Gasteiger partial charge in [0.05, 0.1) is 0 Å². The van der Waals surface area contributed by atoms with Crippen LogP contribution in [0.15, 0.2) is 24.3 Å². The quantitative estimate of drug-likeness (QED) is 0.216. The Morgan fingerprint density at radius 3 is 2.71 bits per heavy atom. The first kappa shape index (κ1) is 22.0. The fourth-order valence-corrected chi connectivity index (χ4v) is 5.67. The number of methoxy groups -OCH3 is 1. The average Bonchev–Trinajstić information content (AvgIpc) is 3.30. The summed E-state index contributed by atoms with van der Waals surface area (Å²) in [5.41, 5.74) is 1.06. The first-order chi connectivity index (χ1) is 13.6. The van der Waals surface area contributed by atoms with Crippen molar-refractivity contribution in [1.29, 1.82) is 0 Å². The highest BCUT2D eigenvalue weighted by molar-refractivity contribution is 14.1. The fraction of sp³-hybridized carbons (Fsp3) is 0.696. The Morgan fingerprint density at radius 2 is 2.07 bits per heavy atom. The highest BCUT2D eigenvalue weighted by Gasteiger charge is 2.41. The predicted molar refractivity (Wildman–Crippen MR) is 118 cm³/mol. The lowest BCUT2D eigenvalue weighted by atomic mass is 9.86. The number of hydrogen-bond donors (Lipinski definition) is 0. The Morgan fingerprint density at radius 1 is 1.25 bits per heavy atom. The van der Waals surface area contributed by atoms with Crippen molar-refractivity contribution in [2.45, 2.75) is 70.5 Å². The maximum atomic E-state index is 12.8. The molecule has 1 aromatic rings. The van der Waals surface area contributed by atoms with Crippen molar-refractivity contribution < 1.29 is 19.0 Å². The normalized spacial score (nSPS) is 25.6. The lowest BCUT2D eigenvalue weighted by molar-refractivity contribution is -0.168. The van der Waals surface area contributed by atoms with Crippen molar-refractivity contribution in [1.82, 2.24) is 0 Å². The topological polar surface area (TPSA) is 44.8 Å². The van der Waals surface area contributed by atoms with Gasteiger partial charge >= 0.3 is 5.97 Å².